The second kappa shape index (κ2) is 5.11. The predicted octanol–water partition coefficient (Wildman–Crippen LogP) is 2.52. The van der Waals surface area contributed by atoms with Gasteiger partial charge in [0.15, 0.2) is 0 Å². The first-order valence-corrected chi connectivity index (χ1v) is 7.00. The first-order valence-electron chi connectivity index (χ1n) is 7.00. The molecule has 2 aliphatic rings. The second-order valence-electron chi connectivity index (χ2n) is 5.41. The molecule has 1 aromatic rings. The monoisotopic (exact) mass is 243 g/mol. The van der Waals surface area contributed by atoms with E-state index in [4.69, 9.17) is 10.8 Å². The molecule has 1 saturated carbocycles. The van der Waals surface area contributed by atoms with Gasteiger partial charge in [0.25, 0.3) is 0 Å². The number of benzene rings is 1. The molecule has 1 aromatic carbocycles. The molecule has 1 unspecified atom stereocenters. The van der Waals surface area contributed by atoms with Crippen LogP contribution in [0.1, 0.15) is 49.1 Å². The molecule has 3 rings (SSSR count). The van der Waals surface area contributed by atoms with Crippen LogP contribution < -0.4 is 11.3 Å². The number of nitrogens with one attached hydrogen (secondary N) is 1. The molecule has 18 heavy (non-hydrogen) atoms. The zero-order valence-corrected chi connectivity index (χ0v) is 10.7. The van der Waals surface area contributed by atoms with Crippen LogP contribution in [-0.4, -0.2) is 11.9 Å². The Balaban J connectivity index is 1.76. The van der Waals surface area contributed by atoms with Gasteiger partial charge in [-0.1, -0.05) is 43.5 Å². The summed E-state index contributed by atoms with van der Waals surface area (Å²) in [7, 11) is 0. The minimum Gasteiger partial charge on any atom is -0.312 e. The van der Waals surface area contributed by atoms with Crippen LogP contribution in [0.25, 0.3) is 0 Å². The standard InChI is InChI=1S/C15H21N3/c16-18-15(17-12-7-2-1-3-8-12)14-10-11-6-4-5-9-13(11)14/h4-6,9,12,14H,1-3,7-8,10,16H2,(H,17,18). The molecule has 3 heteroatoms. The van der Waals surface area contributed by atoms with Gasteiger partial charge in [-0.3, -0.25) is 4.99 Å². The van der Waals surface area contributed by atoms with Crippen molar-refractivity contribution in [3.8, 4) is 0 Å². The lowest BCUT2D eigenvalue weighted by molar-refractivity contribution is 0.440. The molecule has 3 N–H and O–H groups in total. The Morgan fingerprint density at radius 1 is 1.17 bits per heavy atom. The first-order chi connectivity index (χ1) is 8.88. The minimum absolute atomic E-state index is 0.396. The van der Waals surface area contributed by atoms with Gasteiger partial charge in [-0.2, -0.15) is 0 Å². The van der Waals surface area contributed by atoms with Crippen molar-refractivity contribution in [1.82, 2.24) is 5.43 Å². The number of aliphatic imine (C=N–C) groups is 1. The molecular weight excluding hydrogens is 222 g/mol. The molecule has 0 heterocycles. The summed E-state index contributed by atoms with van der Waals surface area (Å²) >= 11 is 0. The molecular formula is C15H21N3. The van der Waals surface area contributed by atoms with E-state index in [0.717, 1.165) is 12.3 Å². The Labute approximate surface area is 108 Å². The average Bonchev–Trinajstić information content (AvgIpc) is 2.40. The Hall–Kier alpha value is -1.35. The van der Waals surface area contributed by atoms with E-state index in [9.17, 15) is 0 Å². The maximum atomic E-state index is 5.68. The highest BCUT2D eigenvalue weighted by Gasteiger charge is 2.30. The lowest BCUT2D eigenvalue weighted by Crippen LogP contribution is -2.40. The van der Waals surface area contributed by atoms with Gasteiger partial charge in [-0.15, -0.1) is 0 Å². The van der Waals surface area contributed by atoms with Crippen LogP contribution in [0.4, 0.5) is 0 Å². The highest BCUT2D eigenvalue weighted by Crippen LogP contribution is 2.35. The van der Waals surface area contributed by atoms with Crippen LogP contribution in [0, 0.1) is 0 Å². The van der Waals surface area contributed by atoms with E-state index in [1.807, 2.05) is 0 Å². The summed E-state index contributed by atoms with van der Waals surface area (Å²) < 4.78 is 0. The third-order valence-corrected chi connectivity index (χ3v) is 4.23. The highest BCUT2D eigenvalue weighted by atomic mass is 15.3. The van der Waals surface area contributed by atoms with E-state index in [0.29, 0.717) is 12.0 Å². The van der Waals surface area contributed by atoms with E-state index in [1.165, 1.54) is 43.2 Å². The Bertz CT molecular complexity index is 447. The largest absolute Gasteiger partial charge is 0.312 e. The fourth-order valence-electron chi connectivity index (χ4n) is 3.14. The zero-order chi connectivity index (χ0) is 12.4. The molecule has 1 atom stereocenters. The SMILES string of the molecule is NNC(=NC1CCCCC1)C1Cc2ccccc21. The van der Waals surface area contributed by atoms with Crippen molar-refractivity contribution in [3.63, 3.8) is 0 Å². The molecule has 2 aliphatic carbocycles. The molecule has 0 aromatic heterocycles. The molecule has 0 radical (unpaired) electrons. The average molecular weight is 243 g/mol. The van der Waals surface area contributed by atoms with Gasteiger partial charge in [-0.05, 0) is 30.4 Å². The number of fused-ring (bicyclic) bond motifs is 1. The maximum Gasteiger partial charge on any atom is 0.119 e. The number of nitrogens with zero attached hydrogens (tertiary/aromatic N) is 1. The van der Waals surface area contributed by atoms with Crippen LogP contribution in [0.5, 0.6) is 0 Å². The Morgan fingerprint density at radius 3 is 2.67 bits per heavy atom. The third-order valence-electron chi connectivity index (χ3n) is 4.23. The van der Waals surface area contributed by atoms with Crippen LogP contribution >= 0.6 is 0 Å². The van der Waals surface area contributed by atoms with Crippen molar-refractivity contribution in [2.75, 3.05) is 0 Å². The van der Waals surface area contributed by atoms with E-state index in [2.05, 4.69) is 29.7 Å². The number of hydrogen-bond donors (Lipinski definition) is 2. The van der Waals surface area contributed by atoms with Crippen LogP contribution in [-0.2, 0) is 6.42 Å². The quantitative estimate of drug-likeness (QED) is 0.363. The number of nitrogens with two attached hydrogens (primary N) is 1. The topological polar surface area (TPSA) is 50.4 Å². The van der Waals surface area contributed by atoms with Gasteiger partial charge in [0.05, 0.1) is 6.04 Å². The Morgan fingerprint density at radius 2 is 1.94 bits per heavy atom. The highest BCUT2D eigenvalue weighted by molar-refractivity contribution is 5.91. The van der Waals surface area contributed by atoms with Gasteiger partial charge < -0.3 is 5.43 Å². The molecule has 0 saturated heterocycles. The molecule has 3 nitrogen and oxygen atoms in total. The maximum absolute atomic E-state index is 5.68. The summed E-state index contributed by atoms with van der Waals surface area (Å²) in [4.78, 5) is 4.86. The van der Waals surface area contributed by atoms with Crippen LogP contribution in [0.15, 0.2) is 29.3 Å². The molecule has 96 valence electrons. The third kappa shape index (κ3) is 2.15. The van der Waals surface area contributed by atoms with E-state index in [1.54, 1.807) is 0 Å². The molecule has 0 aliphatic heterocycles. The smallest absolute Gasteiger partial charge is 0.119 e. The van der Waals surface area contributed by atoms with Crippen molar-refractivity contribution >= 4 is 5.84 Å². The number of rotatable bonds is 2. The summed E-state index contributed by atoms with van der Waals surface area (Å²) in [5.74, 6) is 7.06. The number of amidine groups is 1. The fraction of sp³-hybridized carbons (Fsp3) is 0.533. The number of hydrogen-bond acceptors (Lipinski definition) is 2. The van der Waals surface area contributed by atoms with E-state index >= 15 is 0 Å². The first kappa shape index (κ1) is 11.7. The predicted molar refractivity (Wildman–Crippen MR) is 74.5 cm³/mol. The number of hydrazine groups is 1. The van der Waals surface area contributed by atoms with E-state index in [-0.39, 0.29) is 0 Å². The van der Waals surface area contributed by atoms with Gasteiger partial charge >= 0.3 is 0 Å². The van der Waals surface area contributed by atoms with Gasteiger partial charge in [0.1, 0.15) is 5.84 Å². The molecule has 0 bridgehead atoms. The van der Waals surface area contributed by atoms with Gasteiger partial charge in [-0.25, -0.2) is 5.84 Å². The van der Waals surface area contributed by atoms with Gasteiger partial charge in [0, 0.05) is 5.92 Å². The summed E-state index contributed by atoms with van der Waals surface area (Å²) in [6.45, 7) is 0. The zero-order valence-electron chi connectivity index (χ0n) is 10.7. The molecule has 0 spiro atoms. The minimum atomic E-state index is 0.396. The van der Waals surface area contributed by atoms with Crippen molar-refractivity contribution < 1.29 is 0 Å². The normalized spacial score (nSPS) is 24.3. The van der Waals surface area contributed by atoms with Crippen molar-refractivity contribution in [2.24, 2.45) is 10.8 Å². The van der Waals surface area contributed by atoms with Gasteiger partial charge in [0.2, 0.25) is 0 Å². The Kier molecular flexibility index (Phi) is 3.33. The lowest BCUT2D eigenvalue weighted by Gasteiger charge is -2.32. The second-order valence-corrected chi connectivity index (χ2v) is 5.41. The fourth-order valence-corrected chi connectivity index (χ4v) is 3.14. The van der Waals surface area contributed by atoms with Crippen molar-refractivity contribution in [2.45, 2.75) is 50.5 Å². The summed E-state index contributed by atoms with van der Waals surface area (Å²) in [6, 6.07) is 9.07. The molecule has 0 amide bonds. The lowest BCUT2D eigenvalue weighted by atomic mass is 9.77. The van der Waals surface area contributed by atoms with E-state index < -0.39 is 0 Å². The summed E-state index contributed by atoms with van der Waals surface area (Å²) in [5, 5.41) is 0. The van der Waals surface area contributed by atoms with Crippen LogP contribution in [0.3, 0.4) is 0 Å². The molecule has 1 fully saturated rings. The summed E-state index contributed by atoms with van der Waals surface area (Å²) in [5.41, 5.74) is 5.67. The summed E-state index contributed by atoms with van der Waals surface area (Å²) in [6.07, 6.45) is 7.51. The van der Waals surface area contributed by atoms with Crippen LogP contribution in [0.2, 0.25) is 0 Å². The van der Waals surface area contributed by atoms with Crippen molar-refractivity contribution in [1.29, 1.82) is 0 Å². The van der Waals surface area contributed by atoms with Crippen molar-refractivity contribution in [3.05, 3.63) is 35.4 Å².